The van der Waals surface area contributed by atoms with E-state index < -0.39 is 0 Å². The third kappa shape index (κ3) is 11.6. The van der Waals surface area contributed by atoms with Gasteiger partial charge >= 0.3 is 0 Å². The van der Waals surface area contributed by atoms with Gasteiger partial charge in [0.2, 0.25) is 0 Å². The Morgan fingerprint density at radius 1 is 0.800 bits per heavy atom. The van der Waals surface area contributed by atoms with Crippen LogP contribution >= 0.6 is 0 Å². The van der Waals surface area contributed by atoms with Crippen molar-refractivity contribution >= 4 is 5.69 Å². The van der Waals surface area contributed by atoms with Gasteiger partial charge in [0.1, 0.15) is 0 Å². The number of allylic oxidation sites excluding steroid dienone is 4. The Labute approximate surface area is 126 Å². The highest BCUT2D eigenvalue weighted by Gasteiger charge is 1.88. The van der Waals surface area contributed by atoms with Crippen molar-refractivity contribution < 1.29 is 0 Å². The van der Waals surface area contributed by atoms with Gasteiger partial charge in [0, 0.05) is 5.69 Å². The molecule has 1 aromatic carbocycles. The van der Waals surface area contributed by atoms with E-state index in [9.17, 15) is 0 Å². The maximum Gasteiger partial charge on any atom is 0.0319 e. The number of rotatable bonds is 0. The van der Waals surface area contributed by atoms with Crippen LogP contribution in [0, 0.1) is 13.8 Å². The van der Waals surface area contributed by atoms with Crippen molar-refractivity contribution in [3.63, 3.8) is 0 Å². The molecule has 114 valence electrons. The average Bonchev–Trinajstić information content (AvgIpc) is 2.43. The first-order valence-electron chi connectivity index (χ1n) is 7.75. The number of aryl methyl sites for hydroxylation is 2. The molecule has 1 nitrogen and oxygen atoms in total. The lowest BCUT2D eigenvalue weighted by atomic mass is 10.1. The van der Waals surface area contributed by atoms with E-state index in [1.54, 1.807) is 0 Å². The molecule has 0 saturated heterocycles. The standard InChI is InChI=1S/C8H11N.C7H10.2C2H6/c1-6-3-7(2)5-8(9)4-6;1-7-5-3-2-4-6-7;2*1-2/h3-5H,9H2,1-2H3;3,5-6H,2,4H2,1H3;2*1-2H3. The van der Waals surface area contributed by atoms with E-state index in [0.29, 0.717) is 0 Å². The van der Waals surface area contributed by atoms with Crippen LogP contribution in [0.2, 0.25) is 0 Å². The Kier molecular flexibility index (Phi) is 14.5. The molecule has 0 saturated carbocycles. The van der Waals surface area contributed by atoms with Crippen LogP contribution in [-0.2, 0) is 0 Å². The van der Waals surface area contributed by atoms with Gasteiger partial charge in [0.25, 0.3) is 0 Å². The lowest BCUT2D eigenvalue weighted by molar-refractivity contribution is 1.02. The summed E-state index contributed by atoms with van der Waals surface area (Å²) in [5.74, 6) is 0. The SMILES string of the molecule is CC.CC.CC1=CCCC=C1.Cc1cc(C)cc(N)c1. The first-order chi connectivity index (χ1) is 9.58. The molecule has 1 aromatic rings. The summed E-state index contributed by atoms with van der Waals surface area (Å²) in [7, 11) is 0. The van der Waals surface area contributed by atoms with Gasteiger partial charge < -0.3 is 5.73 Å². The summed E-state index contributed by atoms with van der Waals surface area (Å²) in [5.41, 5.74) is 10.3. The smallest absolute Gasteiger partial charge is 0.0319 e. The van der Waals surface area contributed by atoms with Crippen LogP contribution in [0.1, 0.15) is 58.6 Å². The Morgan fingerprint density at radius 3 is 1.55 bits per heavy atom. The van der Waals surface area contributed by atoms with Crippen LogP contribution < -0.4 is 5.73 Å². The van der Waals surface area contributed by atoms with Crippen LogP contribution in [0.15, 0.2) is 42.0 Å². The van der Waals surface area contributed by atoms with Crippen molar-refractivity contribution in [3.05, 3.63) is 53.1 Å². The zero-order valence-corrected chi connectivity index (χ0v) is 14.5. The second-order valence-corrected chi connectivity index (χ2v) is 4.35. The van der Waals surface area contributed by atoms with E-state index in [1.165, 1.54) is 29.5 Å². The molecule has 0 unspecified atom stereocenters. The fraction of sp³-hybridized carbons (Fsp3) is 0.474. The van der Waals surface area contributed by atoms with Crippen LogP contribution in [0.25, 0.3) is 0 Å². The quantitative estimate of drug-likeness (QED) is 0.559. The van der Waals surface area contributed by atoms with Crippen LogP contribution in [-0.4, -0.2) is 0 Å². The van der Waals surface area contributed by atoms with Gasteiger partial charge in [-0.15, -0.1) is 0 Å². The van der Waals surface area contributed by atoms with Crippen molar-refractivity contribution in [1.82, 2.24) is 0 Å². The lowest BCUT2D eigenvalue weighted by Gasteiger charge is -1.97. The second-order valence-electron chi connectivity index (χ2n) is 4.35. The van der Waals surface area contributed by atoms with Crippen molar-refractivity contribution in [2.24, 2.45) is 0 Å². The zero-order chi connectivity index (χ0) is 16.0. The number of nitrogens with two attached hydrogens (primary N) is 1. The molecule has 0 fully saturated rings. The predicted molar refractivity (Wildman–Crippen MR) is 95.2 cm³/mol. The van der Waals surface area contributed by atoms with Crippen LogP contribution in [0.3, 0.4) is 0 Å². The highest BCUT2D eigenvalue weighted by atomic mass is 14.5. The van der Waals surface area contributed by atoms with Gasteiger partial charge in [-0.3, -0.25) is 0 Å². The van der Waals surface area contributed by atoms with Crippen LogP contribution in [0.5, 0.6) is 0 Å². The zero-order valence-electron chi connectivity index (χ0n) is 14.5. The Hall–Kier alpha value is -1.50. The first kappa shape index (κ1) is 20.8. The molecule has 1 heteroatoms. The number of benzene rings is 1. The van der Waals surface area contributed by atoms with Gasteiger partial charge in [-0.25, -0.2) is 0 Å². The van der Waals surface area contributed by atoms with Crippen molar-refractivity contribution in [3.8, 4) is 0 Å². The molecule has 0 aliphatic heterocycles. The largest absolute Gasteiger partial charge is 0.399 e. The molecule has 1 aliphatic carbocycles. The summed E-state index contributed by atoms with van der Waals surface area (Å²) in [6, 6.07) is 6.04. The van der Waals surface area contributed by atoms with E-state index in [-0.39, 0.29) is 0 Å². The average molecular weight is 275 g/mol. The molecule has 2 rings (SSSR count). The Morgan fingerprint density at radius 2 is 1.30 bits per heavy atom. The topological polar surface area (TPSA) is 26.0 Å². The Bertz CT molecular complexity index is 350. The number of nitrogen functional groups attached to an aromatic ring is 1. The van der Waals surface area contributed by atoms with E-state index in [1.807, 2.05) is 53.7 Å². The van der Waals surface area contributed by atoms with Crippen molar-refractivity contribution in [2.45, 2.75) is 61.3 Å². The summed E-state index contributed by atoms with van der Waals surface area (Å²) in [6.45, 7) is 14.2. The highest BCUT2D eigenvalue weighted by Crippen LogP contribution is 2.09. The summed E-state index contributed by atoms with van der Waals surface area (Å²) in [4.78, 5) is 0. The summed E-state index contributed by atoms with van der Waals surface area (Å²) in [5, 5.41) is 0. The molecule has 1 aliphatic rings. The summed E-state index contributed by atoms with van der Waals surface area (Å²) in [6.07, 6.45) is 9.12. The van der Waals surface area contributed by atoms with Gasteiger partial charge in [-0.1, -0.05) is 57.6 Å². The number of hydrogen-bond acceptors (Lipinski definition) is 1. The number of anilines is 1. The molecule has 20 heavy (non-hydrogen) atoms. The Balaban J connectivity index is 0. The molecule has 0 heterocycles. The van der Waals surface area contributed by atoms with Gasteiger partial charge in [0.15, 0.2) is 0 Å². The second kappa shape index (κ2) is 13.9. The fourth-order valence-corrected chi connectivity index (χ4v) is 1.75. The van der Waals surface area contributed by atoms with E-state index >= 15 is 0 Å². The molecule has 0 radical (unpaired) electrons. The van der Waals surface area contributed by atoms with E-state index in [0.717, 1.165) is 5.69 Å². The molecule has 0 spiro atoms. The van der Waals surface area contributed by atoms with Crippen LogP contribution in [0.4, 0.5) is 5.69 Å². The lowest BCUT2D eigenvalue weighted by Crippen LogP contribution is -1.86. The van der Waals surface area contributed by atoms with Crippen molar-refractivity contribution in [1.29, 1.82) is 0 Å². The predicted octanol–water partition coefficient (Wildman–Crippen LogP) is 6.22. The first-order valence-corrected chi connectivity index (χ1v) is 7.75. The third-order valence-corrected chi connectivity index (χ3v) is 2.42. The normalized spacial score (nSPS) is 11.7. The van der Waals surface area contributed by atoms with Gasteiger partial charge in [0.05, 0.1) is 0 Å². The minimum atomic E-state index is 0.854. The molecule has 2 N–H and O–H groups in total. The minimum Gasteiger partial charge on any atom is -0.399 e. The van der Waals surface area contributed by atoms with Gasteiger partial charge in [-0.05, 0) is 56.9 Å². The maximum absolute atomic E-state index is 5.56. The molecule has 0 aromatic heterocycles. The minimum absolute atomic E-state index is 0.854. The molecule has 0 amide bonds. The highest BCUT2D eigenvalue weighted by molar-refractivity contribution is 5.43. The summed E-state index contributed by atoms with van der Waals surface area (Å²) >= 11 is 0. The molecule has 0 atom stereocenters. The maximum atomic E-state index is 5.56. The van der Waals surface area contributed by atoms with E-state index in [4.69, 9.17) is 5.73 Å². The molecular weight excluding hydrogens is 242 g/mol. The van der Waals surface area contributed by atoms with E-state index in [2.05, 4.69) is 31.2 Å². The van der Waals surface area contributed by atoms with Crippen molar-refractivity contribution in [2.75, 3.05) is 5.73 Å². The number of hydrogen-bond donors (Lipinski definition) is 1. The fourth-order valence-electron chi connectivity index (χ4n) is 1.75. The summed E-state index contributed by atoms with van der Waals surface area (Å²) < 4.78 is 0. The monoisotopic (exact) mass is 275 g/mol. The van der Waals surface area contributed by atoms with Gasteiger partial charge in [-0.2, -0.15) is 0 Å². The molecule has 0 bridgehead atoms. The third-order valence-electron chi connectivity index (χ3n) is 2.42. The molecular formula is C19H33N.